The van der Waals surface area contributed by atoms with Crippen molar-refractivity contribution in [3.8, 4) is 6.19 Å². The molecule has 1 aromatic heterocycles. The van der Waals surface area contributed by atoms with Crippen molar-refractivity contribution in [3.05, 3.63) is 89.7 Å². The van der Waals surface area contributed by atoms with Crippen LogP contribution in [0.25, 0.3) is 0 Å². The predicted molar refractivity (Wildman–Crippen MR) is 129 cm³/mol. The zero-order valence-corrected chi connectivity index (χ0v) is 18.5. The normalized spacial score (nSPS) is 16.1. The Labute approximate surface area is 197 Å². The fourth-order valence-electron chi connectivity index (χ4n) is 3.70. The summed E-state index contributed by atoms with van der Waals surface area (Å²) in [7, 11) is 0. The molecule has 1 unspecified atom stereocenters. The average Bonchev–Trinajstić information content (AvgIpc) is 2.86. The number of halogens is 1. The molecule has 0 radical (unpaired) electrons. The molecule has 0 spiro atoms. The van der Waals surface area contributed by atoms with E-state index in [0.29, 0.717) is 36.3 Å². The van der Waals surface area contributed by atoms with Crippen molar-refractivity contribution in [1.29, 1.82) is 5.26 Å². The molecule has 3 aromatic rings. The fraction of sp³-hybridized carbons (Fsp3) is 0.167. The van der Waals surface area contributed by atoms with E-state index in [1.54, 1.807) is 53.7 Å². The number of pyridine rings is 1. The number of aliphatic imine (C=N–C) groups is 1. The lowest BCUT2D eigenvalue weighted by Crippen LogP contribution is -2.54. The number of carbonyl (C=O) groups is 1. The SMILES string of the molecule is N#C/N=C(/Nc1ccncc1)N1CCN(C(=O)Nc2ccc(Cl)cc2)C(c2ccccc2)C1. The quantitative estimate of drug-likeness (QED) is 0.339. The van der Waals surface area contributed by atoms with Gasteiger partial charge in [0.15, 0.2) is 0 Å². The molecule has 2 heterocycles. The predicted octanol–water partition coefficient (Wildman–Crippen LogP) is 4.57. The van der Waals surface area contributed by atoms with Gasteiger partial charge in [0.1, 0.15) is 0 Å². The van der Waals surface area contributed by atoms with Crippen LogP contribution in [0.3, 0.4) is 0 Å². The number of nitrogens with zero attached hydrogens (tertiary/aromatic N) is 5. The van der Waals surface area contributed by atoms with Gasteiger partial charge in [0.2, 0.25) is 12.2 Å². The molecule has 33 heavy (non-hydrogen) atoms. The van der Waals surface area contributed by atoms with E-state index in [4.69, 9.17) is 11.6 Å². The first-order valence-corrected chi connectivity index (χ1v) is 10.8. The molecule has 0 aliphatic carbocycles. The zero-order valence-electron chi connectivity index (χ0n) is 17.7. The number of hydrogen-bond acceptors (Lipinski definition) is 4. The Morgan fingerprint density at radius 3 is 2.39 bits per heavy atom. The molecule has 2 aromatic carbocycles. The van der Waals surface area contributed by atoms with E-state index in [9.17, 15) is 10.1 Å². The van der Waals surface area contributed by atoms with Crippen LogP contribution in [-0.2, 0) is 0 Å². The van der Waals surface area contributed by atoms with Gasteiger partial charge in [-0.2, -0.15) is 5.26 Å². The van der Waals surface area contributed by atoms with Gasteiger partial charge in [0.05, 0.1) is 6.04 Å². The Kier molecular flexibility index (Phi) is 7.03. The highest BCUT2D eigenvalue weighted by Crippen LogP contribution is 2.27. The average molecular weight is 460 g/mol. The van der Waals surface area contributed by atoms with E-state index in [1.165, 1.54) is 0 Å². The van der Waals surface area contributed by atoms with Gasteiger partial charge in [0.25, 0.3) is 0 Å². The number of urea groups is 1. The van der Waals surface area contributed by atoms with Gasteiger partial charge in [-0.15, -0.1) is 4.99 Å². The van der Waals surface area contributed by atoms with E-state index < -0.39 is 0 Å². The van der Waals surface area contributed by atoms with Crippen molar-refractivity contribution in [2.45, 2.75) is 6.04 Å². The summed E-state index contributed by atoms with van der Waals surface area (Å²) < 4.78 is 0. The third kappa shape index (κ3) is 5.59. The maximum atomic E-state index is 13.2. The number of carbonyl (C=O) groups excluding carboxylic acids is 1. The molecular weight excluding hydrogens is 438 g/mol. The summed E-state index contributed by atoms with van der Waals surface area (Å²) in [6, 6.07) is 20.0. The highest BCUT2D eigenvalue weighted by atomic mass is 35.5. The first-order chi connectivity index (χ1) is 16.1. The number of rotatable bonds is 3. The largest absolute Gasteiger partial charge is 0.338 e. The van der Waals surface area contributed by atoms with Crippen molar-refractivity contribution in [2.24, 2.45) is 4.99 Å². The standard InChI is InChI=1S/C24H22ClN7O/c25-19-6-8-20(9-7-19)30-24(33)32-15-14-31(16-22(32)18-4-2-1-3-5-18)23(28-17-26)29-21-10-12-27-13-11-21/h1-13,22H,14-16H2,(H,30,33)(H,27,28,29). The first-order valence-electron chi connectivity index (χ1n) is 10.4. The molecule has 1 fully saturated rings. The molecule has 0 bridgehead atoms. The molecule has 4 rings (SSSR count). The zero-order chi connectivity index (χ0) is 23.0. The van der Waals surface area contributed by atoms with E-state index in [0.717, 1.165) is 11.3 Å². The van der Waals surface area contributed by atoms with Crippen LogP contribution >= 0.6 is 11.6 Å². The van der Waals surface area contributed by atoms with Crippen molar-refractivity contribution in [3.63, 3.8) is 0 Å². The molecule has 1 atom stereocenters. The Balaban J connectivity index is 1.56. The summed E-state index contributed by atoms with van der Waals surface area (Å²) in [5.74, 6) is 0.433. The van der Waals surface area contributed by atoms with Crippen LogP contribution in [0.1, 0.15) is 11.6 Å². The third-order valence-corrected chi connectivity index (χ3v) is 5.56. The minimum atomic E-state index is -0.240. The summed E-state index contributed by atoms with van der Waals surface area (Å²) in [5.41, 5.74) is 2.44. The summed E-state index contributed by atoms with van der Waals surface area (Å²) in [5, 5.41) is 16.0. The van der Waals surface area contributed by atoms with E-state index in [-0.39, 0.29) is 12.1 Å². The van der Waals surface area contributed by atoms with Crippen molar-refractivity contribution < 1.29 is 4.79 Å². The van der Waals surface area contributed by atoms with Crippen LogP contribution < -0.4 is 10.6 Å². The Hall–Kier alpha value is -4.09. The minimum Gasteiger partial charge on any atom is -0.338 e. The van der Waals surface area contributed by atoms with Crippen LogP contribution in [0, 0.1) is 11.5 Å². The maximum absolute atomic E-state index is 13.2. The molecule has 166 valence electrons. The molecular formula is C24H22ClN7O. The lowest BCUT2D eigenvalue weighted by atomic mass is 10.0. The highest BCUT2D eigenvalue weighted by molar-refractivity contribution is 6.30. The minimum absolute atomic E-state index is 0.202. The Morgan fingerprint density at radius 2 is 1.70 bits per heavy atom. The molecule has 1 aliphatic heterocycles. The van der Waals surface area contributed by atoms with Crippen LogP contribution in [-0.4, -0.2) is 46.4 Å². The van der Waals surface area contributed by atoms with E-state index >= 15 is 0 Å². The topological polar surface area (TPSA) is 96.7 Å². The summed E-state index contributed by atoms with van der Waals surface area (Å²) in [6.07, 6.45) is 5.21. The Bertz CT molecular complexity index is 1150. The van der Waals surface area contributed by atoms with Gasteiger partial charge < -0.3 is 20.4 Å². The molecule has 8 nitrogen and oxygen atoms in total. The van der Waals surface area contributed by atoms with Gasteiger partial charge in [-0.25, -0.2) is 4.79 Å². The lowest BCUT2D eigenvalue weighted by Gasteiger charge is -2.42. The molecule has 1 aliphatic rings. The summed E-state index contributed by atoms with van der Waals surface area (Å²) in [6.45, 7) is 1.42. The number of nitrogens with one attached hydrogen (secondary N) is 2. The highest BCUT2D eigenvalue weighted by Gasteiger charge is 2.33. The van der Waals surface area contributed by atoms with E-state index in [2.05, 4.69) is 20.6 Å². The van der Waals surface area contributed by atoms with Gasteiger partial charge in [-0.05, 0) is 42.0 Å². The molecule has 9 heteroatoms. The Morgan fingerprint density at radius 1 is 1.00 bits per heavy atom. The van der Waals surface area contributed by atoms with Gasteiger partial charge in [0, 0.05) is 48.4 Å². The van der Waals surface area contributed by atoms with Crippen LogP contribution in [0.4, 0.5) is 16.2 Å². The van der Waals surface area contributed by atoms with E-state index in [1.807, 2.05) is 41.4 Å². The number of benzene rings is 2. The molecule has 0 saturated carbocycles. The number of hydrogen-bond donors (Lipinski definition) is 2. The van der Waals surface area contributed by atoms with Gasteiger partial charge >= 0.3 is 6.03 Å². The first kappa shape index (κ1) is 22.1. The van der Waals surface area contributed by atoms with Gasteiger partial charge in [-0.3, -0.25) is 4.98 Å². The fourth-order valence-corrected chi connectivity index (χ4v) is 3.82. The number of guanidine groups is 1. The van der Waals surface area contributed by atoms with Gasteiger partial charge in [-0.1, -0.05) is 41.9 Å². The second-order valence-corrected chi connectivity index (χ2v) is 7.84. The second kappa shape index (κ2) is 10.5. The number of nitriles is 1. The third-order valence-electron chi connectivity index (χ3n) is 5.31. The van der Waals surface area contributed by atoms with Crippen LogP contribution in [0.2, 0.25) is 5.02 Å². The molecule has 1 saturated heterocycles. The van der Waals surface area contributed by atoms with Crippen molar-refractivity contribution in [2.75, 3.05) is 30.3 Å². The maximum Gasteiger partial charge on any atom is 0.322 e. The van der Waals surface area contributed by atoms with Crippen LogP contribution in [0.15, 0.2) is 84.1 Å². The smallest absolute Gasteiger partial charge is 0.322 e. The number of aromatic nitrogens is 1. The summed E-state index contributed by atoms with van der Waals surface area (Å²) in [4.78, 5) is 25.0. The van der Waals surface area contributed by atoms with Crippen molar-refractivity contribution in [1.82, 2.24) is 14.8 Å². The molecule has 2 N–H and O–H groups in total. The van der Waals surface area contributed by atoms with Crippen molar-refractivity contribution >= 4 is 35.0 Å². The number of piperazine rings is 1. The number of anilines is 2. The second-order valence-electron chi connectivity index (χ2n) is 7.40. The van der Waals surface area contributed by atoms with Crippen LogP contribution in [0.5, 0.6) is 0 Å². The number of amides is 2. The lowest BCUT2D eigenvalue weighted by molar-refractivity contribution is 0.136. The molecule has 2 amide bonds. The summed E-state index contributed by atoms with van der Waals surface area (Å²) >= 11 is 5.96. The monoisotopic (exact) mass is 459 g/mol.